The Labute approximate surface area is 123 Å². The van der Waals surface area contributed by atoms with Crippen molar-refractivity contribution in [2.45, 2.75) is 13.8 Å². The molecule has 0 heterocycles. The summed E-state index contributed by atoms with van der Waals surface area (Å²) in [6.45, 7) is 3.91. The Hall–Kier alpha value is -2.82. The largest absolute Gasteiger partial charge is 0.409 e. The molecule has 0 fully saturated rings. The molecule has 0 aliphatic carbocycles. The van der Waals surface area contributed by atoms with Gasteiger partial charge < -0.3 is 16.3 Å². The van der Waals surface area contributed by atoms with Crippen molar-refractivity contribution in [3.05, 3.63) is 64.7 Å². The molecule has 0 spiro atoms. The van der Waals surface area contributed by atoms with Crippen LogP contribution in [0, 0.1) is 13.8 Å². The molecule has 0 unspecified atom stereocenters. The molecule has 5 heteroatoms. The van der Waals surface area contributed by atoms with E-state index in [1.807, 2.05) is 32.0 Å². The molecule has 21 heavy (non-hydrogen) atoms. The fourth-order valence-corrected chi connectivity index (χ4v) is 2.09. The number of amides is 1. The van der Waals surface area contributed by atoms with Gasteiger partial charge in [-0.3, -0.25) is 4.79 Å². The van der Waals surface area contributed by atoms with Crippen LogP contribution >= 0.6 is 0 Å². The van der Waals surface area contributed by atoms with Gasteiger partial charge in [-0.1, -0.05) is 22.3 Å². The van der Waals surface area contributed by atoms with Gasteiger partial charge in [-0.15, -0.1) is 0 Å². The van der Waals surface area contributed by atoms with Crippen molar-refractivity contribution in [3.8, 4) is 0 Å². The van der Waals surface area contributed by atoms with Crippen molar-refractivity contribution >= 4 is 17.4 Å². The number of carbonyl (C=O) groups excluding carboxylic acids is 1. The van der Waals surface area contributed by atoms with Gasteiger partial charge in [-0.05, 0) is 50.2 Å². The minimum atomic E-state index is -0.168. The Kier molecular flexibility index (Phi) is 4.23. The van der Waals surface area contributed by atoms with E-state index in [9.17, 15) is 4.79 Å². The Morgan fingerprint density at radius 1 is 1.05 bits per heavy atom. The summed E-state index contributed by atoms with van der Waals surface area (Å²) in [6, 6.07) is 12.4. The lowest BCUT2D eigenvalue weighted by atomic mass is 10.1. The molecule has 0 saturated heterocycles. The molecule has 5 nitrogen and oxygen atoms in total. The fraction of sp³-hybridized carbons (Fsp3) is 0.125. The maximum absolute atomic E-state index is 12.2. The third-order valence-electron chi connectivity index (χ3n) is 3.03. The number of anilines is 1. The first-order valence-corrected chi connectivity index (χ1v) is 6.47. The second-order valence-corrected chi connectivity index (χ2v) is 4.89. The van der Waals surface area contributed by atoms with Crippen LogP contribution in [0.1, 0.15) is 27.0 Å². The average Bonchev–Trinajstić information content (AvgIpc) is 2.46. The Morgan fingerprint density at radius 2 is 1.62 bits per heavy atom. The number of aryl methyl sites for hydroxylation is 2. The first kappa shape index (κ1) is 14.6. The number of rotatable bonds is 3. The smallest absolute Gasteiger partial charge is 0.255 e. The number of hydrogen-bond acceptors (Lipinski definition) is 3. The lowest BCUT2D eigenvalue weighted by Gasteiger charge is -2.08. The summed E-state index contributed by atoms with van der Waals surface area (Å²) < 4.78 is 0. The fourth-order valence-electron chi connectivity index (χ4n) is 2.09. The molecular formula is C16H17N3O2. The van der Waals surface area contributed by atoms with E-state index in [4.69, 9.17) is 10.9 Å². The normalized spacial score (nSPS) is 11.2. The first-order valence-electron chi connectivity index (χ1n) is 6.47. The Bertz CT molecular complexity index is 671. The molecule has 0 saturated carbocycles. The second-order valence-electron chi connectivity index (χ2n) is 4.89. The summed E-state index contributed by atoms with van der Waals surface area (Å²) in [5.41, 5.74) is 9.42. The summed E-state index contributed by atoms with van der Waals surface area (Å²) in [4.78, 5) is 12.2. The van der Waals surface area contributed by atoms with Crippen LogP contribution in [0.15, 0.2) is 47.6 Å². The number of oxime groups is 1. The minimum absolute atomic E-state index is 0.0298. The summed E-state index contributed by atoms with van der Waals surface area (Å²) in [5.74, 6) is -0.138. The monoisotopic (exact) mass is 283 g/mol. The molecule has 0 aliphatic rings. The topological polar surface area (TPSA) is 87.7 Å². The number of hydrogen-bond donors (Lipinski definition) is 3. The van der Waals surface area contributed by atoms with Crippen molar-refractivity contribution in [2.24, 2.45) is 10.9 Å². The second kappa shape index (κ2) is 6.09. The van der Waals surface area contributed by atoms with E-state index in [-0.39, 0.29) is 11.7 Å². The lowest BCUT2D eigenvalue weighted by Crippen LogP contribution is -2.14. The standard InChI is InChI=1S/C16H17N3O2/c1-10-7-11(2)9-13(8-10)16(20)18-14-5-3-12(4-6-14)15(17)19-21/h3-9,21H,1-2H3,(H2,17,19)(H,18,20). The molecule has 0 atom stereocenters. The maximum atomic E-state index is 12.2. The van der Waals surface area contributed by atoms with Crippen molar-refractivity contribution in [2.75, 3.05) is 5.32 Å². The predicted octanol–water partition coefficient (Wildman–Crippen LogP) is 2.65. The minimum Gasteiger partial charge on any atom is -0.409 e. The first-order chi connectivity index (χ1) is 9.99. The lowest BCUT2D eigenvalue weighted by molar-refractivity contribution is 0.102. The number of nitrogens with two attached hydrogens (primary N) is 1. The van der Waals surface area contributed by atoms with Gasteiger partial charge >= 0.3 is 0 Å². The third-order valence-corrected chi connectivity index (χ3v) is 3.03. The van der Waals surface area contributed by atoms with Gasteiger partial charge in [0.2, 0.25) is 0 Å². The van der Waals surface area contributed by atoms with E-state index < -0.39 is 0 Å². The quantitative estimate of drug-likeness (QED) is 0.350. The zero-order valence-electron chi connectivity index (χ0n) is 11.9. The van der Waals surface area contributed by atoms with Crippen LogP contribution in [0.5, 0.6) is 0 Å². The van der Waals surface area contributed by atoms with Gasteiger partial charge in [0.25, 0.3) is 5.91 Å². The zero-order chi connectivity index (χ0) is 15.4. The van der Waals surface area contributed by atoms with Crippen molar-refractivity contribution in [1.82, 2.24) is 0 Å². The molecular weight excluding hydrogens is 266 g/mol. The van der Waals surface area contributed by atoms with Crippen LogP contribution in [-0.2, 0) is 0 Å². The van der Waals surface area contributed by atoms with Gasteiger partial charge in [0.15, 0.2) is 5.84 Å². The van der Waals surface area contributed by atoms with Crippen LogP contribution in [0.2, 0.25) is 0 Å². The van der Waals surface area contributed by atoms with Crippen molar-refractivity contribution in [3.63, 3.8) is 0 Å². The van der Waals surface area contributed by atoms with Gasteiger partial charge in [0.1, 0.15) is 0 Å². The van der Waals surface area contributed by atoms with Crippen LogP contribution in [-0.4, -0.2) is 17.0 Å². The summed E-state index contributed by atoms with van der Waals surface area (Å²) >= 11 is 0. The average molecular weight is 283 g/mol. The zero-order valence-corrected chi connectivity index (χ0v) is 11.9. The highest BCUT2D eigenvalue weighted by atomic mass is 16.4. The number of amidine groups is 1. The number of nitrogens with one attached hydrogen (secondary N) is 1. The van der Waals surface area contributed by atoms with Gasteiger partial charge in [0.05, 0.1) is 0 Å². The predicted molar refractivity (Wildman–Crippen MR) is 82.8 cm³/mol. The molecule has 0 bridgehead atoms. The molecule has 2 rings (SSSR count). The molecule has 2 aromatic carbocycles. The van der Waals surface area contributed by atoms with Crippen LogP contribution in [0.3, 0.4) is 0 Å². The molecule has 1 amide bonds. The highest BCUT2D eigenvalue weighted by Crippen LogP contribution is 2.13. The Morgan fingerprint density at radius 3 is 2.14 bits per heavy atom. The third kappa shape index (κ3) is 3.60. The highest BCUT2D eigenvalue weighted by Gasteiger charge is 2.07. The number of benzene rings is 2. The summed E-state index contributed by atoms with van der Waals surface area (Å²) in [6.07, 6.45) is 0. The van der Waals surface area contributed by atoms with Crippen LogP contribution < -0.4 is 11.1 Å². The van der Waals surface area contributed by atoms with E-state index in [1.54, 1.807) is 24.3 Å². The molecule has 0 aliphatic heterocycles. The van der Waals surface area contributed by atoms with Crippen LogP contribution in [0.25, 0.3) is 0 Å². The SMILES string of the molecule is Cc1cc(C)cc(C(=O)Nc2ccc(/C(N)=N/O)cc2)c1. The molecule has 4 N–H and O–H groups in total. The maximum Gasteiger partial charge on any atom is 0.255 e. The van der Waals surface area contributed by atoms with E-state index in [2.05, 4.69) is 10.5 Å². The van der Waals surface area contributed by atoms with Gasteiger partial charge in [-0.25, -0.2) is 0 Å². The van der Waals surface area contributed by atoms with Crippen LogP contribution in [0.4, 0.5) is 5.69 Å². The van der Waals surface area contributed by atoms with Gasteiger partial charge in [0, 0.05) is 16.8 Å². The highest BCUT2D eigenvalue weighted by molar-refractivity contribution is 6.05. The van der Waals surface area contributed by atoms with E-state index >= 15 is 0 Å². The van der Waals surface area contributed by atoms with E-state index in [1.165, 1.54) is 0 Å². The molecule has 108 valence electrons. The van der Waals surface area contributed by atoms with Crippen molar-refractivity contribution in [1.29, 1.82) is 0 Å². The molecule has 2 aromatic rings. The summed E-state index contributed by atoms with van der Waals surface area (Å²) in [7, 11) is 0. The molecule has 0 radical (unpaired) electrons. The van der Waals surface area contributed by atoms with Crippen molar-refractivity contribution < 1.29 is 10.0 Å². The number of nitrogens with zero attached hydrogens (tertiary/aromatic N) is 1. The Balaban J connectivity index is 2.16. The molecule has 0 aromatic heterocycles. The van der Waals surface area contributed by atoms with E-state index in [0.29, 0.717) is 16.8 Å². The number of carbonyl (C=O) groups is 1. The van der Waals surface area contributed by atoms with E-state index in [0.717, 1.165) is 11.1 Å². The summed E-state index contributed by atoms with van der Waals surface area (Å²) in [5, 5.41) is 14.3. The van der Waals surface area contributed by atoms with Gasteiger partial charge in [-0.2, -0.15) is 0 Å².